The number of carbonyl (C=O) groups excluding carboxylic acids is 3. The van der Waals surface area contributed by atoms with Crippen LogP contribution in [0, 0.1) is 40.4 Å². The van der Waals surface area contributed by atoms with Crippen LogP contribution in [-0.4, -0.2) is 63.2 Å². The molecule has 9 nitrogen and oxygen atoms in total. The van der Waals surface area contributed by atoms with Gasteiger partial charge in [0.1, 0.15) is 24.3 Å². The average molecular weight is 563 g/mol. The van der Waals surface area contributed by atoms with Crippen molar-refractivity contribution in [2.24, 2.45) is 29.1 Å². The summed E-state index contributed by atoms with van der Waals surface area (Å²) in [5, 5.41) is 18.6. The molecule has 0 radical (unpaired) electrons. The number of hydrogen-bond donors (Lipinski definition) is 2. The van der Waals surface area contributed by atoms with E-state index in [0.717, 1.165) is 0 Å². The Labute approximate surface area is 227 Å². The van der Waals surface area contributed by atoms with Gasteiger partial charge in [-0.1, -0.05) is 26.8 Å². The predicted molar refractivity (Wildman–Crippen MR) is 133 cm³/mol. The maximum Gasteiger partial charge on any atom is 0.471 e. The molecule has 5 rings (SSSR count). The molecule has 3 heterocycles. The summed E-state index contributed by atoms with van der Waals surface area (Å²) in [5.74, 6) is -5.13. The molecule has 2 N–H and O–H groups in total. The van der Waals surface area contributed by atoms with Crippen molar-refractivity contribution in [1.29, 1.82) is 5.26 Å². The van der Waals surface area contributed by atoms with Gasteiger partial charge >= 0.3 is 12.1 Å². The lowest BCUT2D eigenvalue weighted by Crippen LogP contribution is -2.60. The van der Waals surface area contributed by atoms with Gasteiger partial charge in [-0.05, 0) is 54.1 Å². The molecule has 13 heteroatoms. The van der Waals surface area contributed by atoms with Crippen molar-refractivity contribution >= 4 is 23.2 Å². The van der Waals surface area contributed by atoms with E-state index < -0.39 is 65.4 Å². The van der Waals surface area contributed by atoms with Crippen LogP contribution in [-0.2, 0) is 14.4 Å². The second-order valence-corrected chi connectivity index (χ2v) is 12.1. The summed E-state index contributed by atoms with van der Waals surface area (Å²) in [6.45, 7) is 4.58. The van der Waals surface area contributed by atoms with E-state index in [1.54, 1.807) is 24.4 Å². The fourth-order valence-electron chi connectivity index (χ4n) is 6.88. The minimum absolute atomic E-state index is 0.0534. The number of rotatable bonds is 5. The molecular weight excluding hydrogens is 532 g/mol. The fourth-order valence-corrected chi connectivity index (χ4v) is 6.88. The van der Waals surface area contributed by atoms with Gasteiger partial charge in [0.05, 0.1) is 17.8 Å². The third-order valence-electron chi connectivity index (χ3n) is 8.65. The van der Waals surface area contributed by atoms with Crippen molar-refractivity contribution in [3.63, 3.8) is 0 Å². The minimum Gasteiger partial charge on any atom is -0.336 e. The Morgan fingerprint density at radius 3 is 2.50 bits per heavy atom. The highest BCUT2D eigenvalue weighted by atomic mass is 19.4. The monoisotopic (exact) mass is 562 g/mol. The summed E-state index contributed by atoms with van der Waals surface area (Å²) < 4.78 is 55.9. The van der Waals surface area contributed by atoms with Gasteiger partial charge in [-0.25, -0.2) is 8.91 Å². The van der Waals surface area contributed by atoms with E-state index >= 15 is 0 Å². The van der Waals surface area contributed by atoms with E-state index in [4.69, 9.17) is 0 Å². The van der Waals surface area contributed by atoms with Crippen LogP contribution in [0.4, 0.5) is 17.6 Å². The molecule has 2 aromatic heterocycles. The fraction of sp³-hybridized carbons (Fsp3) is 0.593. The first-order valence-corrected chi connectivity index (χ1v) is 13.2. The zero-order valence-corrected chi connectivity index (χ0v) is 22.2. The number of nitrogens with zero attached hydrogens (tertiary/aromatic N) is 4. The quantitative estimate of drug-likeness (QED) is 0.544. The Hall–Kier alpha value is -3.69. The van der Waals surface area contributed by atoms with E-state index in [-0.39, 0.29) is 18.4 Å². The Bertz CT molecular complexity index is 1380. The lowest BCUT2D eigenvalue weighted by atomic mass is 9.77. The van der Waals surface area contributed by atoms with Crippen LogP contribution in [0.5, 0.6) is 0 Å². The number of carbonyl (C=O) groups is 3. The van der Waals surface area contributed by atoms with Gasteiger partial charge in [-0.2, -0.15) is 23.5 Å². The number of alkyl halides is 4. The molecule has 1 saturated heterocycles. The van der Waals surface area contributed by atoms with E-state index in [2.05, 4.69) is 10.4 Å². The summed E-state index contributed by atoms with van der Waals surface area (Å²) in [7, 11) is 0. The number of nitrogens with one attached hydrogen (secondary N) is 2. The molecule has 3 aliphatic rings. The molecule has 1 aliphatic heterocycles. The zero-order chi connectivity index (χ0) is 29.1. The van der Waals surface area contributed by atoms with Gasteiger partial charge in [0.25, 0.3) is 0 Å². The standard InChI is InChI=1S/C27H30F4N6O3/c1-26(2,3)22(35-25(40)27(29,30)31)24(39)36-12-16-13-8-14(17(28)9-13)20(16)21(36)23(38)34-18(10-32)15-11-33-37-7-5-4-6-19(15)37/h4-7,11,13-14,16-18,20-22H,8-9,12H2,1-3H3,(H,34,38)(H,35,40). The summed E-state index contributed by atoms with van der Waals surface area (Å²) in [6.07, 6.45) is -2.38. The van der Waals surface area contributed by atoms with Crippen molar-refractivity contribution in [3.05, 3.63) is 36.2 Å². The molecular formula is C27H30F4N6O3. The number of amides is 3. The third kappa shape index (κ3) is 4.67. The first-order valence-electron chi connectivity index (χ1n) is 13.2. The van der Waals surface area contributed by atoms with Gasteiger partial charge in [0.2, 0.25) is 11.8 Å². The van der Waals surface area contributed by atoms with Crippen molar-refractivity contribution < 1.29 is 31.9 Å². The Balaban J connectivity index is 1.47. The lowest BCUT2D eigenvalue weighted by Gasteiger charge is -2.37. The van der Waals surface area contributed by atoms with Gasteiger partial charge in [-0.3, -0.25) is 14.4 Å². The van der Waals surface area contributed by atoms with Crippen LogP contribution in [0.15, 0.2) is 30.6 Å². The molecule has 8 atom stereocenters. The van der Waals surface area contributed by atoms with Crippen LogP contribution >= 0.6 is 0 Å². The summed E-state index contributed by atoms with van der Waals surface area (Å²) in [6, 6.07) is 3.31. The number of likely N-dealkylation sites (tertiary alicyclic amines) is 1. The van der Waals surface area contributed by atoms with Crippen molar-refractivity contribution in [3.8, 4) is 6.07 Å². The highest BCUT2D eigenvalue weighted by Crippen LogP contribution is 2.58. The molecule has 0 spiro atoms. The van der Waals surface area contributed by atoms with E-state index in [0.29, 0.717) is 23.9 Å². The van der Waals surface area contributed by atoms with Crippen LogP contribution in [0.3, 0.4) is 0 Å². The maximum atomic E-state index is 14.9. The highest BCUT2D eigenvalue weighted by Gasteiger charge is 2.63. The van der Waals surface area contributed by atoms with E-state index in [1.165, 1.54) is 36.4 Å². The highest BCUT2D eigenvalue weighted by molar-refractivity contribution is 5.94. The normalized spacial score (nSPS) is 29.1. The number of pyridine rings is 1. The molecule has 3 amide bonds. The average Bonchev–Trinajstić information content (AvgIpc) is 3.63. The summed E-state index contributed by atoms with van der Waals surface area (Å²) >= 11 is 0. The molecule has 3 fully saturated rings. The van der Waals surface area contributed by atoms with Crippen molar-refractivity contribution in [1.82, 2.24) is 25.1 Å². The predicted octanol–water partition coefficient (Wildman–Crippen LogP) is 2.93. The zero-order valence-electron chi connectivity index (χ0n) is 22.2. The number of halogens is 4. The van der Waals surface area contributed by atoms with Gasteiger partial charge < -0.3 is 15.5 Å². The minimum atomic E-state index is -5.21. The number of aromatic nitrogens is 2. The molecule has 2 saturated carbocycles. The number of nitriles is 1. The van der Waals surface area contributed by atoms with Crippen molar-refractivity contribution in [2.45, 2.75) is 64.1 Å². The van der Waals surface area contributed by atoms with E-state index in [9.17, 15) is 37.2 Å². The lowest BCUT2D eigenvalue weighted by molar-refractivity contribution is -0.176. The van der Waals surface area contributed by atoms with E-state index in [1.807, 2.05) is 11.4 Å². The van der Waals surface area contributed by atoms with Crippen LogP contribution in [0.1, 0.15) is 45.2 Å². The van der Waals surface area contributed by atoms with Gasteiger partial charge in [-0.15, -0.1) is 0 Å². The van der Waals surface area contributed by atoms with Gasteiger partial charge in [0, 0.05) is 18.3 Å². The topological polar surface area (TPSA) is 120 Å². The largest absolute Gasteiger partial charge is 0.471 e. The third-order valence-corrected chi connectivity index (χ3v) is 8.65. The van der Waals surface area contributed by atoms with Crippen LogP contribution in [0.25, 0.3) is 5.52 Å². The molecule has 214 valence electrons. The molecule has 8 unspecified atom stereocenters. The second-order valence-electron chi connectivity index (χ2n) is 12.1. The Morgan fingerprint density at radius 1 is 1.12 bits per heavy atom. The van der Waals surface area contributed by atoms with Crippen LogP contribution in [0.2, 0.25) is 0 Å². The maximum absolute atomic E-state index is 14.9. The second kappa shape index (κ2) is 9.74. The number of hydrogen-bond acceptors (Lipinski definition) is 5. The molecule has 2 bridgehead atoms. The SMILES string of the molecule is CC(C)(C)C(NC(=O)C(F)(F)F)C(=O)N1CC2C3CC(F)C(C3)C2C1C(=O)NC(C#N)c1cnn2ccccc12. The van der Waals surface area contributed by atoms with Crippen molar-refractivity contribution in [2.75, 3.05) is 6.54 Å². The molecule has 2 aromatic rings. The molecule has 2 aliphatic carbocycles. The Morgan fingerprint density at radius 2 is 1.85 bits per heavy atom. The number of fused-ring (bicyclic) bond motifs is 6. The molecule has 0 aromatic carbocycles. The summed E-state index contributed by atoms with van der Waals surface area (Å²) in [5.41, 5.74) is -0.131. The smallest absolute Gasteiger partial charge is 0.336 e. The first-order chi connectivity index (χ1) is 18.7. The van der Waals surface area contributed by atoms with Crippen LogP contribution < -0.4 is 10.6 Å². The Kier molecular flexibility index (Phi) is 6.79. The first kappa shape index (κ1) is 27.9. The van der Waals surface area contributed by atoms with Gasteiger partial charge in [0.15, 0.2) is 0 Å². The molecule has 40 heavy (non-hydrogen) atoms. The summed E-state index contributed by atoms with van der Waals surface area (Å²) in [4.78, 5) is 40.8.